The second kappa shape index (κ2) is 7.02. The molecule has 2 nitrogen and oxygen atoms in total. The van der Waals surface area contributed by atoms with Crippen molar-refractivity contribution in [3.05, 3.63) is 12.2 Å². The molecule has 1 aliphatic rings. The predicted molar refractivity (Wildman–Crippen MR) is 65.1 cm³/mol. The van der Waals surface area contributed by atoms with Gasteiger partial charge < -0.3 is 10.1 Å². The van der Waals surface area contributed by atoms with Crippen molar-refractivity contribution in [2.75, 3.05) is 19.8 Å². The van der Waals surface area contributed by atoms with Crippen LogP contribution in [0.1, 0.15) is 39.5 Å². The quantitative estimate of drug-likeness (QED) is 0.682. The maximum atomic E-state index is 5.41. The van der Waals surface area contributed by atoms with Gasteiger partial charge in [-0.2, -0.15) is 0 Å². The Morgan fingerprint density at radius 2 is 2.07 bits per heavy atom. The lowest BCUT2D eigenvalue weighted by molar-refractivity contribution is 0.0539. The van der Waals surface area contributed by atoms with Crippen LogP contribution >= 0.6 is 0 Å². The topological polar surface area (TPSA) is 21.3 Å². The summed E-state index contributed by atoms with van der Waals surface area (Å²) in [6.45, 7) is 11.4. The largest absolute Gasteiger partial charge is 0.381 e. The van der Waals surface area contributed by atoms with E-state index < -0.39 is 0 Å². The van der Waals surface area contributed by atoms with Gasteiger partial charge in [0.2, 0.25) is 0 Å². The molecule has 1 N–H and O–H groups in total. The summed E-state index contributed by atoms with van der Waals surface area (Å²) < 4.78 is 5.41. The zero-order valence-corrected chi connectivity index (χ0v) is 10.2. The van der Waals surface area contributed by atoms with Crippen LogP contribution in [-0.2, 0) is 4.74 Å². The van der Waals surface area contributed by atoms with Gasteiger partial charge in [0.05, 0.1) is 0 Å². The molecular weight excluding hydrogens is 186 g/mol. The third kappa shape index (κ3) is 4.35. The van der Waals surface area contributed by atoms with Crippen molar-refractivity contribution in [2.45, 2.75) is 45.6 Å². The minimum Gasteiger partial charge on any atom is -0.381 e. The summed E-state index contributed by atoms with van der Waals surface area (Å²) in [6.07, 6.45) is 4.64. The van der Waals surface area contributed by atoms with Crippen molar-refractivity contribution in [3.63, 3.8) is 0 Å². The molecule has 0 saturated carbocycles. The fourth-order valence-electron chi connectivity index (χ4n) is 2.24. The van der Waals surface area contributed by atoms with Crippen molar-refractivity contribution in [1.82, 2.24) is 5.32 Å². The summed E-state index contributed by atoms with van der Waals surface area (Å²) in [6, 6.07) is 0.617. The average Bonchev–Trinajstić information content (AvgIpc) is 2.29. The minimum absolute atomic E-state index is 0.617. The van der Waals surface area contributed by atoms with E-state index in [-0.39, 0.29) is 0 Å². The monoisotopic (exact) mass is 211 g/mol. The molecule has 0 aromatic heterocycles. The highest BCUT2D eigenvalue weighted by Gasteiger charge is 2.23. The number of rotatable bonds is 6. The van der Waals surface area contributed by atoms with Gasteiger partial charge in [-0.15, -0.1) is 0 Å². The van der Waals surface area contributed by atoms with Gasteiger partial charge in [-0.05, 0) is 38.1 Å². The first-order valence-electron chi connectivity index (χ1n) is 6.25. The molecule has 0 spiro atoms. The summed E-state index contributed by atoms with van der Waals surface area (Å²) in [4.78, 5) is 0. The fraction of sp³-hybridized carbons (Fsp3) is 0.846. The average molecular weight is 211 g/mol. The third-order valence-electron chi connectivity index (χ3n) is 3.31. The first-order chi connectivity index (χ1) is 7.27. The second-order valence-corrected chi connectivity index (χ2v) is 4.42. The summed E-state index contributed by atoms with van der Waals surface area (Å²) in [5, 5.41) is 3.60. The Kier molecular flexibility index (Phi) is 5.96. The molecule has 88 valence electrons. The normalized spacial score (nSPS) is 20.1. The predicted octanol–water partition coefficient (Wildman–Crippen LogP) is 2.75. The van der Waals surface area contributed by atoms with Crippen molar-refractivity contribution < 1.29 is 4.74 Å². The minimum atomic E-state index is 0.617. The molecule has 1 saturated heterocycles. The van der Waals surface area contributed by atoms with E-state index in [1.54, 1.807) is 0 Å². The summed E-state index contributed by atoms with van der Waals surface area (Å²) >= 11 is 0. The Hall–Kier alpha value is -0.340. The van der Waals surface area contributed by atoms with Crippen LogP contribution in [0.4, 0.5) is 0 Å². The van der Waals surface area contributed by atoms with Gasteiger partial charge in [-0.1, -0.05) is 26.0 Å². The zero-order valence-electron chi connectivity index (χ0n) is 10.2. The molecule has 0 amide bonds. The highest BCUT2D eigenvalue weighted by molar-refractivity contribution is 4.98. The van der Waals surface area contributed by atoms with Gasteiger partial charge in [-0.3, -0.25) is 0 Å². The van der Waals surface area contributed by atoms with Gasteiger partial charge in [0.15, 0.2) is 0 Å². The first-order valence-corrected chi connectivity index (χ1v) is 6.25. The molecule has 1 rings (SSSR count). The van der Waals surface area contributed by atoms with Gasteiger partial charge in [-0.25, -0.2) is 0 Å². The molecule has 1 heterocycles. The van der Waals surface area contributed by atoms with Crippen LogP contribution in [0, 0.1) is 5.92 Å². The summed E-state index contributed by atoms with van der Waals surface area (Å²) in [7, 11) is 0. The van der Waals surface area contributed by atoms with Crippen LogP contribution < -0.4 is 5.32 Å². The molecule has 1 aliphatic heterocycles. The van der Waals surface area contributed by atoms with Crippen molar-refractivity contribution in [2.24, 2.45) is 5.92 Å². The van der Waals surface area contributed by atoms with Crippen LogP contribution in [0.3, 0.4) is 0 Å². The maximum Gasteiger partial charge on any atom is 0.0469 e. The van der Waals surface area contributed by atoms with E-state index in [1.165, 1.54) is 18.4 Å². The molecular formula is C13H25NO. The smallest absolute Gasteiger partial charge is 0.0469 e. The number of ether oxygens (including phenoxy) is 1. The first kappa shape index (κ1) is 12.7. The molecule has 1 fully saturated rings. The van der Waals surface area contributed by atoms with E-state index in [4.69, 9.17) is 4.74 Å². The highest BCUT2D eigenvalue weighted by atomic mass is 16.5. The van der Waals surface area contributed by atoms with Crippen LogP contribution in [0.25, 0.3) is 0 Å². The zero-order chi connectivity index (χ0) is 11.1. The SMILES string of the molecule is C=C(CC)CC(NCC)C1CCOCC1. The van der Waals surface area contributed by atoms with E-state index in [9.17, 15) is 0 Å². The number of hydrogen-bond acceptors (Lipinski definition) is 2. The van der Waals surface area contributed by atoms with Gasteiger partial charge in [0, 0.05) is 19.3 Å². The summed E-state index contributed by atoms with van der Waals surface area (Å²) in [5.74, 6) is 0.780. The fourth-order valence-corrected chi connectivity index (χ4v) is 2.24. The van der Waals surface area contributed by atoms with E-state index in [0.29, 0.717) is 6.04 Å². The molecule has 0 aromatic carbocycles. The third-order valence-corrected chi connectivity index (χ3v) is 3.31. The van der Waals surface area contributed by atoms with Crippen LogP contribution in [0.15, 0.2) is 12.2 Å². The molecule has 2 heteroatoms. The van der Waals surface area contributed by atoms with Gasteiger partial charge in [0.25, 0.3) is 0 Å². The standard InChI is InChI=1S/C13H25NO/c1-4-11(3)10-13(14-5-2)12-6-8-15-9-7-12/h12-14H,3-10H2,1-2H3. The van der Waals surface area contributed by atoms with E-state index in [0.717, 1.165) is 38.5 Å². The van der Waals surface area contributed by atoms with Crippen molar-refractivity contribution in [3.8, 4) is 0 Å². The molecule has 0 aliphatic carbocycles. The van der Waals surface area contributed by atoms with Crippen LogP contribution in [-0.4, -0.2) is 25.8 Å². The highest BCUT2D eigenvalue weighted by Crippen LogP contribution is 2.23. The summed E-state index contributed by atoms with van der Waals surface area (Å²) in [5.41, 5.74) is 1.37. The lowest BCUT2D eigenvalue weighted by Gasteiger charge is -2.31. The Balaban J connectivity index is 2.43. The lowest BCUT2D eigenvalue weighted by Crippen LogP contribution is -2.39. The molecule has 1 atom stereocenters. The number of hydrogen-bond donors (Lipinski definition) is 1. The van der Waals surface area contributed by atoms with Crippen molar-refractivity contribution >= 4 is 0 Å². The van der Waals surface area contributed by atoms with E-state index in [1.807, 2.05) is 0 Å². The molecule has 15 heavy (non-hydrogen) atoms. The molecule has 0 aromatic rings. The lowest BCUT2D eigenvalue weighted by atomic mass is 9.87. The molecule has 0 radical (unpaired) electrons. The Morgan fingerprint density at radius 1 is 1.40 bits per heavy atom. The Bertz CT molecular complexity index is 185. The van der Waals surface area contributed by atoms with Crippen LogP contribution in [0.5, 0.6) is 0 Å². The Morgan fingerprint density at radius 3 is 2.60 bits per heavy atom. The van der Waals surface area contributed by atoms with Crippen LogP contribution in [0.2, 0.25) is 0 Å². The number of nitrogens with one attached hydrogen (secondary N) is 1. The molecule has 0 bridgehead atoms. The van der Waals surface area contributed by atoms with E-state index >= 15 is 0 Å². The van der Waals surface area contributed by atoms with Gasteiger partial charge in [0.1, 0.15) is 0 Å². The van der Waals surface area contributed by atoms with Crippen molar-refractivity contribution in [1.29, 1.82) is 0 Å². The molecule has 1 unspecified atom stereocenters. The maximum absolute atomic E-state index is 5.41. The Labute approximate surface area is 94.1 Å². The van der Waals surface area contributed by atoms with Gasteiger partial charge >= 0.3 is 0 Å². The second-order valence-electron chi connectivity index (χ2n) is 4.42. The van der Waals surface area contributed by atoms with E-state index in [2.05, 4.69) is 25.7 Å².